The molecule has 0 atom stereocenters. The lowest BCUT2D eigenvalue weighted by Crippen LogP contribution is -1.87. The molecule has 14 heavy (non-hydrogen) atoms. The van der Waals surface area contributed by atoms with Gasteiger partial charge in [-0.3, -0.25) is 0 Å². The van der Waals surface area contributed by atoms with Crippen molar-refractivity contribution in [2.45, 2.75) is 4.90 Å². The van der Waals surface area contributed by atoms with E-state index in [4.69, 9.17) is 10.8 Å². The van der Waals surface area contributed by atoms with Crippen LogP contribution >= 0.6 is 11.8 Å². The van der Waals surface area contributed by atoms with E-state index in [-0.39, 0.29) is 0 Å². The summed E-state index contributed by atoms with van der Waals surface area (Å²) < 4.78 is 0. The Morgan fingerprint density at radius 2 is 2.36 bits per heavy atom. The molecule has 0 amide bonds. The predicted octanol–water partition coefficient (Wildman–Crippen LogP) is 2.00. The lowest BCUT2D eigenvalue weighted by molar-refractivity contribution is -0.131. The molecule has 0 saturated heterocycles. The van der Waals surface area contributed by atoms with Gasteiger partial charge in [-0.1, -0.05) is 12.1 Å². The number of rotatable bonds is 4. The Bertz CT molecular complexity index is 350. The molecular formula is C10H11NO2S. The topological polar surface area (TPSA) is 63.3 Å². The smallest absolute Gasteiger partial charge is 0.328 e. The summed E-state index contributed by atoms with van der Waals surface area (Å²) in [4.78, 5) is 11.2. The minimum Gasteiger partial charge on any atom is -0.478 e. The van der Waals surface area contributed by atoms with Crippen LogP contribution in [0.5, 0.6) is 0 Å². The number of nitrogens with two attached hydrogens (primary N) is 1. The molecule has 0 aliphatic rings. The van der Waals surface area contributed by atoms with E-state index in [9.17, 15) is 4.79 Å². The van der Waals surface area contributed by atoms with Crippen LogP contribution in [-0.4, -0.2) is 16.8 Å². The van der Waals surface area contributed by atoms with Gasteiger partial charge in [-0.2, -0.15) is 0 Å². The van der Waals surface area contributed by atoms with Gasteiger partial charge in [0.15, 0.2) is 0 Å². The molecule has 1 rings (SSSR count). The van der Waals surface area contributed by atoms with Crippen molar-refractivity contribution < 1.29 is 9.90 Å². The Morgan fingerprint density at radius 3 is 3.00 bits per heavy atom. The number of anilines is 1. The second kappa shape index (κ2) is 5.34. The zero-order chi connectivity index (χ0) is 10.4. The van der Waals surface area contributed by atoms with Crippen molar-refractivity contribution in [1.82, 2.24) is 0 Å². The molecule has 0 bridgehead atoms. The van der Waals surface area contributed by atoms with Crippen LogP contribution in [0.2, 0.25) is 0 Å². The summed E-state index contributed by atoms with van der Waals surface area (Å²) in [7, 11) is 0. The minimum atomic E-state index is -0.918. The molecular weight excluding hydrogens is 198 g/mol. The fourth-order valence-electron chi connectivity index (χ4n) is 0.898. The summed E-state index contributed by atoms with van der Waals surface area (Å²) in [5.74, 6) is -0.284. The van der Waals surface area contributed by atoms with Crippen molar-refractivity contribution in [2.75, 3.05) is 11.5 Å². The minimum absolute atomic E-state index is 0.635. The van der Waals surface area contributed by atoms with Crippen LogP contribution in [0.4, 0.5) is 5.69 Å². The van der Waals surface area contributed by atoms with E-state index in [2.05, 4.69) is 0 Å². The van der Waals surface area contributed by atoms with E-state index >= 15 is 0 Å². The number of carboxylic acid groups (broad SMARTS) is 1. The van der Waals surface area contributed by atoms with Crippen LogP contribution in [-0.2, 0) is 4.79 Å². The normalized spacial score (nSPS) is 10.6. The second-order valence-electron chi connectivity index (χ2n) is 2.62. The van der Waals surface area contributed by atoms with Crippen molar-refractivity contribution in [2.24, 2.45) is 0 Å². The summed E-state index contributed by atoms with van der Waals surface area (Å²) in [6.45, 7) is 0. The van der Waals surface area contributed by atoms with Crippen LogP contribution in [0.3, 0.4) is 0 Å². The van der Waals surface area contributed by atoms with Gasteiger partial charge in [0, 0.05) is 22.4 Å². The van der Waals surface area contributed by atoms with Crippen LogP contribution in [0.1, 0.15) is 0 Å². The highest BCUT2D eigenvalue weighted by atomic mass is 32.2. The average Bonchev–Trinajstić information content (AvgIpc) is 2.12. The third-order valence-corrected chi connectivity index (χ3v) is 2.41. The molecule has 0 aliphatic carbocycles. The van der Waals surface area contributed by atoms with Gasteiger partial charge in [-0.05, 0) is 18.2 Å². The fraction of sp³-hybridized carbons (Fsp3) is 0.100. The molecule has 0 fully saturated rings. The molecule has 1 aromatic carbocycles. The van der Waals surface area contributed by atoms with Crippen molar-refractivity contribution >= 4 is 23.4 Å². The largest absolute Gasteiger partial charge is 0.478 e. The number of hydrogen-bond acceptors (Lipinski definition) is 3. The Morgan fingerprint density at radius 1 is 1.57 bits per heavy atom. The summed E-state index contributed by atoms with van der Waals surface area (Å²) in [6, 6.07) is 7.49. The molecule has 4 heteroatoms. The van der Waals surface area contributed by atoms with Crippen molar-refractivity contribution in [3.63, 3.8) is 0 Å². The van der Waals surface area contributed by atoms with Gasteiger partial charge in [-0.25, -0.2) is 4.79 Å². The van der Waals surface area contributed by atoms with Crippen molar-refractivity contribution in [3.8, 4) is 0 Å². The van der Waals surface area contributed by atoms with Crippen LogP contribution in [0, 0.1) is 0 Å². The van der Waals surface area contributed by atoms with Gasteiger partial charge < -0.3 is 10.8 Å². The maximum absolute atomic E-state index is 10.1. The number of aliphatic carboxylic acids is 1. The number of carboxylic acids is 1. The van der Waals surface area contributed by atoms with E-state index in [1.807, 2.05) is 24.3 Å². The number of thioether (sulfide) groups is 1. The first-order valence-electron chi connectivity index (χ1n) is 4.06. The Labute approximate surface area is 86.6 Å². The number of hydrogen-bond donors (Lipinski definition) is 2. The van der Waals surface area contributed by atoms with Gasteiger partial charge in [0.2, 0.25) is 0 Å². The highest BCUT2D eigenvalue weighted by Crippen LogP contribution is 2.19. The second-order valence-corrected chi connectivity index (χ2v) is 3.72. The summed E-state index contributed by atoms with van der Waals surface area (Å²) in [5, 5.41) is 8.34. The van der Waals surface area contributed by atoms with E-state index < -0.39 is 5.97 Å². The van der Waals surface area contributed by atoms with Gasteiger partial charge >= 0.3 is 5.97 Å². The van der Waals surface area contributed by atoms with E-state index in [0.717, 1.165) is 16.7 Å². The molecule has 0 aromatic heterocycles. The Balaban J connectivity index is 2.42. The lowest BCUT2D eigenvalue weighted by atomic mass is 10.3. The first-order chi connectivity index (χ1) is 6.68. The highest BCUT2D eigenvalue weighted by molar-refractivity contribution is 7.99. The Hall–Kier alpha value is -1.42. The molecule has 1 aromatic rings. The average molecular weight is 209 g/mol. The lowest BCUT2D eigenvalue weighted by Gasteiger charge is -1.98. The zero-order valence-electron chi connectivity index (χ0n) is 7.51. The molecule has 0 unspecified atom stereocenters. The number of carbonyl (C=O) groups is 1. The molecule has 3 N–H and O–H groups in total. The molecule has 3 nitrogen and oxygen atoms in total. The van der Waals surface area contributed by atoms with Gasteiger partial charge in [0.05, 0.1) is 0 Å². The van der Waals surface area contributed by atoms with Crippen LogP contribution < -0.4 is 5.73 Å². The molecule has 0 spiro atoms. The van der Waals surface area contributed by atoms with Gasteiger partial charge in [0.1, 0.15) is 0 Å². The monoisotopic (exact) mass is 209 g/mol. The van der Waals surface area contributed by atoms with E-state index in [1.54, 1.807) is 17.8 Å². The van der Waals surface area contributed by atoms with Crippen LogP contribution in [0.15, 0.2) is 41.3 Å². The van der Waals surface area contributed by atoms with E-state index in [0.29, 0.717) is 5.75 Å². The van der Waals surface area contributed by atoms with Gasteiger partial charge in [0.25, 0.3) is 0 Å². The molecule has 74 valence electrons. The fourth-order valence-corrected chi connectivity index (χ4v) is 1.68. The van der Waals surface area contributed by atoms with E-state index in [1.165, 1.54) is 0 Å². The summed E-state index contributed by atoms with van der Waals surface area (Å²) in [6.07, 6.45) is 2.75. The first kappa shape index (κ1) is 10.7. The Kier molecular flexibility index (Phi) is 4.07. The third-order valence-electron chi connectivity index (χ3n) is 1.46. The number of benzene rings is 1. The van der Waals surface area contributed by atoms with Gasteiger partial charge in [-0.15, -0.1) is 11.8 Å². The highest BCUT2D eigenvalue weighted by Gasteiger charge is 1.92. The quantitative estimate of drug-likeness (QED) is 0.452. The third kappa shape index (κ3) is 4.00. The number of nitrogen functional groups attached to an aromatic ring is 1. The summed E-state index contributed by atoms with van der Waals surface area (Å²) in [5.41, 5.74) is 6.31. The van der Waals surface area contributed by atoms with Crippen molar-refractivity contribution in [3.05, 3.63) is 36.4 Å². The molecule has 0 saturated carbocycles. The summed E-state index contributed by atoms with van der Waals surface area (Å²) >= 11 is 1.55. The van der Waals surface area contributed by atoms with Crippen molar-refractivity contribution in [1.29, 1.82) is 0 Å². The SMILES string of the molecule is Nc1cccc(SC/C=C/C(=O)O)c1. The zero-order valence-corrected chi connectivity index (χ0v) is 8.33. The van der Waals surface area contributed by atoms with Crippen LogP contribution in [0.25, 0.3) is 0 Å². The molecule has 0 radical (unpaired) electrons. The molecule has 0 aliphatic heterocycles. The molecule has 0 heterocycles. The maximum atomic E-state index is 10.1. The maximum Gasteiger partial charge on any atom is 0.328 e. The predicted molar refractivity (Wildman–Crippen MR) is 58.4 cm³/mol. The standard InChI is InChI=1S/C10H11NO2S/c11-8-3-1-4-9(7-8)14-6-2-5-10(12)13/h1-5,7H,6,11H2,(H,12,13)/b5-2+. The first-order valence-corrected chi connectivity index (χ1v) is 5.05.